The maximum atomic E-state index is 6.00. The molecule has 1 aromatic rings. The fourth-order valence-electron chi connectivity index (χ4n) is 1.58. The zero-order chi connectivity index (χ0) is 11.3. The Labute approximate surface area is 101 Å². The quantitative estimate of drug-likeness (QED) is 0.473. The zero-order valence-corrected chi connectivity index (χ0v) is 10.7. The molecule has 0 saturated carbocycles. The van der Waals surface area contributed by atoms with Crippen molar-refractivity contribution in [1.82, 2.24) is 5.32 Å². The SMILES string of the molecule is COc1c(C)cc(Cl)cc1CCNCS. The minimum absolute atomic E-state index is 0.682. The fourth-order valence-corrected chi connectivity index (χ4v) is 2.03. The van der Waals surface area contributed by atoms with E-state index in [0.717, 1.165) is 34.9 Å². The maximum absolute atomic E-state index is 6.00. The average molecular weight is 246 g/mol. The smallest absolute Gasteiger partial charge is 0.125 e. The largest absolute Gasteiger partial charge is 0.496 e. The Hall–Kier alpha value is -0.380. The molecule has 0 spiro atoms. The molecule has 0 amide bonds. The van der Waals surface area contributed by atoms with Gasteiger partial charge in [0.15, 0.2) is 0 Å². The number of rotatable bonds is 5. The normalized spacial score (nSPS) is 10.4. The van der Waals surface area contributed by atoms with E-state index in [1.165, 1.54) is 0 Å². The predicted octanol–water partition coefficient (Wildman–Crippen LogP) is 2.68. The van der Waals surface area contributed by atoms with E-state index in [-0.39, 0.29) is 0 Å². The lowest BCUT2D eigenvalue weighted by molar-refractivity contribution is 0.406. The maximum Gasteiger partial charge on any atom is 0.125 e. The molecule has 84 valence electrons. The summed E-state index contributed by atoms with van der Waals surface area (Å²) in [6, 6.07) is 3.86. The van der Waals surface area contributed by atoms with Crippen molar-refractivity contribution in [2.45, 2.75) is 13.3 Å². The lowest BCUT2D eigenvalue weighted by atomic mass is 10.1. The van der Waals surface area contributed by atoms with Crippen molar-refractivity contribution in [2.75, 3.05) is 19.5 Å². The van der Waals surface area contributed by atoms with Crippen LogP contribution < -0.4 is 10.1 Å². The first-order chi connectivity index (χ1) is 7.19. The molecule has 1 aromatic carbocycles. The highest BCUT2D eigenvalue weighted by atomic mass is 35.5. The summed E-state index contributed by atoms with van der Waals surface area (Å²) >= 11 is 10.1. The van der Waals surface area contributed by atoms with Gasteiger partial charge in [-0.25, -0.2) is 0 Å². The minimum atomic E-state index is 0.682. The Morgan fingerprint density at radius 3 is 2.80 bits per heavy atom. The van der Waals surface area contributed by atoms with Crippen LogP contribution in [0.5, 0.6) is 5.75 Å². The van der Waals surface area contributed by atoms with E-state index in [9.17, 15) is 0 Å². The summed E-state index contributed by atoms with van der Waals surface area (Å²) < 4.78 is 5.36. The molecule has 0 fully saturated rings. The number of benzene rings is 1. The number of aryl methyl sites for hydroxylation is 1. The minimum Gasteiger partial charge on any atom is -0.496 e. The summed E-state index contributed by atoms with van der Waals surface area (Å²) in [5, 5.41) is 3.91. The molecule has 0 saturated heterocycles. The molecule has 0 bridgehead atoms. The van der Waals surface area contributed by atoms with Crippen LogP contribution in [0, 0.1) is 6.92 Å². The van der Waals surface area contributed by atoms with Crippen molar-refractivity contribution < 1.29 is 4.74 Å². The number of halogens is 1. The van der Waals surface area contributed by atoms with Gasteiger partial charge in [-0.1, -0.05) is 11.6 Å². The standard InChI is InChI=1S/C11H16ClNOS/c1-8-5-10(12)6-9(11(8)14-2)3-4-13-7-15/h5-6,13,15H,3-4,7H2,1-2H3. The van der Waals surface area contributed by atoms with E-state index < -0.39 is 0 Å². The Morgan fingerprint density at radius 1 is 1.47 bits per heavy atom. The van der Waals surface area contributed by atoms with Crippen molar-refractivity contribution >= 4 is 24.2 Å². The second-order valence-electron chi connectivity index (χ2n) is 3.32. The van der Waals surface area contributed by atoms with Crippen LogP contribution in [0.3, 0.4) is 0 Å². The van der Waals surface area contributed by atoms with Gasteiger partial charge >= 0.3 is 0 Å². The third-order valence-corrected chi connectivity index (χ3v) is 2.65. The first-order valence-electron chi connectivity index (χ1n) is 4.83. The van der Waals surface area contributed by atoms with Gasteiger partial charge in [0.2, 0.25) is 0 Å². The molecule has 2 nitrogen and oxygen atoms in total. The van der Waals surface area contributed by atoms with Gasteiger partial charge in [0.05, 0.1) is 7.11 Å². The predicted molar refractivity (Wildman–Crippen MR) is 68.3 cm³/mol. The van der Waals surface area contributed by atoms with Crippen LogP contribution in [0.1, 0.15) is 11.1 Å². The van der Waals surface area contributed by atoms with Gasteiger partial charge in [-0.05, 0) is 36.6 Å². The lowest BCUT2D eigenvalue weighted by Gasteiger charge is -2.12. The molecule has 0 aliphatic rings. The van der Waals surface area contributed by atoms with Crippen molar-refractivity contribution in [3.05, 3.63) is 28.3 Å². The molecule has 0 heterocycles. The first kappa shape index (κ1) is 12.7. The molecular formula is C11H16ClNOS. The summed E-state index contributed by atoms with van der Waals surface area (Å²) in [6.07, 6.45) is 0.894. The molecule has 0 aliphatic heterocycles. The molecule has 1 rings (SSSR count). The van der Waals surface area contributed by atoms with Crippen LogP contribution in [0.2, 0.25) is 5.02 Å². The Kier molecular flexibility index (Phi) is 5.29. The van der Waals surface area contributed by atoms with E-state index in [0.29, 0.717) is 5.88 Å². The number of methoxy groups -OCH3 is 1. The molecule has 0 aliphatic carbocycles. The highest BCUT2D eigenvalue weighted by Crippen LogP contribution is 2.27. The number of ether oxygens (including phenoxy) is 1. The van der Waals surface area contributed by atoms with Crippen LogP contribution in [-0.4, -0.2) is 19.5 Å². The monoisotopic (exact) mass is 245 g/mol. The molecule has 4 heteroatoms. The van der Waals surface area contributed by atoms with Gasteiger partial charge in [-0.3, -0.25) is 0 Å². The van der Waals surface area contributed by atoms with E-state index in [1.807, 2.05) is 19.1 Å². The average Bonchev–Trinajstić information content (AvgIpc) is 2.17. The van der Waals surface area contributed by atoms with Crippen molar-refractivity contribution in [3.63, 3.8) is 0 Å². The van der Waals surface area contributed by atoms with Crippen molar-refractivity contribution in [1.29, 1.82) is 0 Å². The number of hydrogen-bond donors (Lipinski definition) is 2. The van der Waals surface area contributed by atoms with E-state index in [1.54, 1.807) is 7.11 Å². The number of thiol groups is 1. The molecule has 0 atom stereocenters. The molecule has 15 heavy (non-hydrogen) atoms. The van der Waals surface area contributed by atoms with Crippen molar-refractivity contribution in [2.24, 2.45) is 0 Å². The first-order valence-corrected chi connectivity index (χ1v) is 5.84. The Morgan fingerprint density at radius 2 is 2.20 bits per heavy atom. The highest BCUT2D eigenvalue weighted by Gasteiger charge is 2.07. The Bertz CT molecular complexity index is 331. The van der Waals surface area contributed by atoms with Crippen LogP contribution in [0.4, 0.5) is 0 Å². The lowest BCUT2D eigenvalue weighted by Crippen LogP contribution is -2.15. The fraction of sp³-hybridized carbons (Fsp3) is 0.455. The zero-order valence-electron chi connectivity index (χ0n) is 9.01. The molecular weight excluding hydrogens is 230 g/mol. The Balaban J connectivity index is 2.84. The highest BCUT2D eigenvalue weighted by molar-refractivity contribution is 7.80. The van der Waals surface area contributed by atoms with Gasteiger partial charge in [0.1, 0.15) is 5.75 Å². The van der Waals surface area contributed by atoms with Crippen LogP contribution in [0.15, 0.2) is 12.1 Å². The summed E-state index contributed by atoms with van der Waals surface area (Å²) in [6.45, 7) is 2.87. The third-order valence-electron chi connectivity index (χ3n) is 2.20. The number of nitrogens with one attached hydrogen (secondary N) is 1. The van der Waals surface area contributed by atoms with Gasteiger partial charge in [-0.2, -0.15) is 12.6 Å². The second-order valence-corrected chi connectivity index (χ2v) is 4.08. The molecule has 0 unspecified atom stereocenters. The van der Waals surface area contributed by atoms with Crippen molar-refractivity contribution in [3.8, 4) is 5.75 Å². The molecule has 1 N–H and O–H groups in total. The van der Waals surface area contributed by atoms with Gasteiger partial charge < -0.3 is 10.1 Å². The third kappa shape index (κ3) is 3.59. The van der Waals surface area contributed by atoms with E-state index in [2.05, 4.69) is 17.9 Å². The summed E-state index contributed by atoms with van der Waals surface area (Å²) in [4.78, 5) is 0. The van der Waals surface area contributed by atoms with E-state index >= 15 is 0 Å². The summed E-state index contributed by atoms with van der Waals surface area (Å²) in [5.41, 5.74) is 2.21. The second kappa shape index (κ2) is 6.26. The van der Waals surface area contributed by atoms with E-state index in [4.69, 9.17) is 16.3 Å². The summed E-state index contributed by atoms with van der Waals surface area (Å²) in [5.74, 6) is 1.61. The topological polar surface area (TPSA) is 21.3 Å². The van der Waals surface area contributed by atoms with Gasteiger partial charge in [0.25, 0.3) is 0 Å². The van der Waals surface area contributed by atoms with Crippen LogP contribution in [-0.2, 0) is 6.42 Å². The number of hydrogen-bond acceptors (Lipinski definition) is 3. The van der Waals surface area contributed by atoms with Gasteiger partial charge in [0, 0.05) is 17.4 Å². The van der Waals surface area contributed by atoms with Crippen LogP contribution in [0.25, 0.3) is 0 Å². The molecule has 0 radical (unpaired) electrons. The van der Waals surface area contributed by atoms with Gasteiger partial charge in [-0.15, -0.1) is 0 Å². The molecule has 0 aromatic heterocycles. The van der Waals surface area contributed by atoms with Crippen LogP contribution >= 0.6 is 24.2 Å². The summed E-state index contributed by atoms with van der Waals surface area (Å²) in [7, 11) is 1.69.